The SMILES string of the molecule is CCn1nccc1C(=O)Nc1cc(C)nn1-c1nc2cc3c(cc2s1)CCCC3. The molecular weight excluding hydrogens is 384 g/mol. The van der Waals surface area contributed by atoms with Gasteiger partial charge in [0, 0.05) is 18.8 Å². The Morgan fingerprint density at radius 3 is 2.79 bits per heavy atom. The smallest absolute Gasteiger partial charge is 0.275 e. The van der Waals surface area contributed by atoms with Crippen molar-refractivity contribution in [2.24, 2.45) is 0 Å². The van der Waals surface area contributed by atoms with Gasteiger partial charge in [0.1, 0.15) is 11.5 Å². The molecule has 1 amide bonds. The fourth-order valence-corrected chi connectivity index (χ4v) is 4.90. The summed E-state index contributed by atoms with van der Waals surface area (Å²) >= 11 is 1.60. The number of aryl methyl sites for hydroxylation is 4. The number of nitrogens with one attached hydrogen (secondary N) is 1. The maximum absolute atomic E-state index is 12.8. The molecule has 0 aliphatic heterocycles. The van der Waals surface area contributed by atoms with Crippen LogP contribution in [0.3, 0.4) is 0 Å². The van der Waals surface area contributed by atoms with Gasteiger partial charge in [0.2, 0.25) is 5.13 Å². The van der Waals surface area contributed by atoms with Crippen molar-refractivity contribution in [1.29, 1.82) is 0 Å². The topological polar surface area (TPSA) is 77.6 Å². The van der Waals surface area contributed by atoms with Gasteiger partial charge < -0.3 is 5.32 Å². The van der Waals surface area contributed by atoms with Gasteiger partial charge >= 0.3 is 0 Å². The van der Waals surface area contributed by atoms with Gasteiger partial charge in [0.05, 0.1) is 15.9 Å². The Hall–Kier alpha value is -3.00. The van der Waals surface area contributed by atoms with Gasteiger partial charge in [-0.1, -0.05) is 11.3 Å². The first-order chi connectivity index (χ1) is 14.1. The van der Waals surface area contributed by atoms with Crippen LogP contribution in [0.25, 0.3) is 15.3 Å². The Balaban J connectivity index is 1.51. The predicted octanol–water partition coefficient (Wildman–Crippen LogP) is 4.14. The number of hydrogen-bond acceptors (Lipinski definition) is 5. The first-order valence-corrected chi connectivity index (χ1v) is 10.8. The number of thiazole rings is 1. The van der Waals surface area contributed by atoms with Crippen LogP contribution in [0.2, 0.25) is 0 Å². The van der Waals surface area contributed by atoms with Crippen LogP contribution >= 0.6 is 11.3 Å². The molecule has 0 radical (unpaired) electrons. The van der Waals surface area contributed by atoms with Gasteiger partial charge in [-0.05, 0) is 68.9 Å². The summed E-state index contributed by atoms with van der Waals surface area (Å²) in [5.74, 6) is 0.405. The standard InChI is InChI=1S/C21H22N6OS/c1-3-26-17(8-9-22-26)20(28)24-19-10-13(2)25-27(19)21-23-16-11-14-6-4-5-7-15(14)12-18(16)29-21/h8-12H,3-7H2,1-2H3,(H,24,28). The molecule has 8 heteroatoms. The van der Waals surface area contributed by atoms with Crippen molar-refractivity contribution < 1.29 is 4.79 Å². The van der Waals surface area contributed by atoms with Gasteiger partial charge in [-0.15, -0.1) is 0 Å². The molecule has 5 rings (SSSR count). The Morgan fingerprint density at radius 1 is 1.21 bits per heavy atom. The first-order valence-electron chi connectivity index (χ1n) is 9.95. The second-order valence-electron chi connectivity index (χ2n) is 7.36. The third kappa shape index (κ3) is 3.23. The van der Waals surface area contributed by atoms with E-state index in [2.05, 4.69) is 27.6 Å². The van der Waals surface area contributed by atoms with E-state index in [4.69, 9.17) is 4.98 Å². The first kappa shape index (κ1) is 18.1. The van der Waals surface area contributed by atoms with Crippen LogP contribution in [0, 0.1) is 6.92 Å². The van der Waals surface area contributed by atoms with Crippen molar-refractivity contribution in [2.45, 2.75) is 46.1 Å². The molecule has 1 aliphatic rings. The summed E-state index contributed by atoms with van der Waals surface area (Å²) in [4.78, 5) is 17.6. The van der Waals surface area contributed by atoms with Crippen LogP contribution in [-0.2, 0) is 19.4 Å². The number of aromatic nitrogens is 5. The predicted molar refractivity (Wildman–Crippen MR) is 114 cm³/mol. The molecule has 0 saturated carbocycles. The monoisotopic (exact) mass is 406 g/mol. The minimum atomic E-state index is -0.206. The molecule has 1 aromatic carbocycles. The van der Waals surface area contributed by atoms with Crippen LogP contribution in [0.4, 0.5) is 5.82 Å². The summed E-state index contributed by atoms with van der Waals surface area (Å²) in [5, 5.41) is 12.5. The molecule has 1 N–H and O–H groups in total. The van der Waals surface area contributed by atoms with E-state index in [1.807, 2.05) is 19.9 Å². The number of nitrogens with zero attached hydrogens (tertiary/aromatic N) is 5. The average molecular weight is 407 g/mol. The molecule has 0 bridgehead atoms. The van der Waals surface area contributed by atoms with E-state index in [1.54, 1.807) is 33.0 Å². The number of carbonyl (C=O) groups is 1. The summed E-state index contributed by atoms with van der Waals surface area (Å²) in [6.45, 7) is 4.50. The minimum absolute atomic E-state index is 0.206. The maximum Gasteiger partial charge on any atom is 0.275 e. The highest BCUT2D eigenvalue weighted by atomic mass is 32.1. The average Bonchev–Trinajstić information content (AvgIpc) is 3.43. The van der Waals surface area contributed by atoms with E-state index < -0.39 is 0 Å². The van der Waals surface area contributed by atoms with Gasteiger partial charge in [0.25, 0.3) is 5.91 Å². The fraction of sp³-hybridized carbons (Fsp3) is 0.333. The number of rotatable bonds is 4. The molecule has 3 aromatic heterocycles. The van der Waals surface area contributed by atoms with E-state index in [9.17, 15) is 4.79 Å². The molecule has 0 unspecified atom stereocenters. The van der Waals surface area contributed by atoms with Crippen LogP contribution in [0.15, 0.2) is 30.5 Å². The minimum Gasteiger partial charge on any atom is -0.305 e. The number of amides is 1. The van der Waals surface area contributed by atoms with Crippen molar-refractivity contribution in [3.8, 4) is 5.13 Å². The molecule has 0 atom stereocenters. The normalized spacial score (nSPS) is 13.6. The quantitative estimate of drug-likeness (QED) is 0.553. The number of fused-ring (bicyclic) bond motifs is 2. The van der Waals surface area contributed by atoms with E-state index in [-0.39, 0.29) is 5.91 Å². The summed E-state index contributed by atoms with van der Waals surface area (Å²) in [6, 6.07) is 8.08. The van der Waals surface area contributed by atoms with Crippen LogP contribution in [-0.4, -0.2) is 30.5 Å². The van der Waals surface area contributed by atoms with Gasteiger partial charge in [0.15, 0.2) is 0 Å². The van der Waals surface area contributed by atoms with E-state index in [0.29, 0.717) is 18.1 Å². The molecule has 7 nitrogen and oxygen atoms in total. The third-order valence-corrected chi connectivity index (χ3v) is 6.34. The lowest BCUT2D eigenvalue weighted by molar-refractivity contribution is 0.101. The zero-order valence-corrected chi connectivity index (χ0v) is 17.3. The molecule has 29 heavy (non-hydrogen) atoms. The van der Waals surface area contributed by atoms with Crippen molar-refractivity contribution in [3.63, 3.8) is 0 Å². The van der Waals surface area contributed by atoms with Gasteiger partial charge in [-0.2, -0.15) is 14.9 Å². The van der Waals surface area contributed by atoms with Crippen molar-refractivity contribution in [2.75, 3.05) is 5.32 Å². The molecule has 0 spiro atoms. The van der Waals surface area contributed by atoms with Crippen molar-refractivity contribution in [1.82, 2.24) is 24.5 Å². The fourth-order valence-electron chi connectivity index (χ4n) is 3.93. The molecule has 4 aromatic rings. The highest BCUT2D eigenvalue weighted by molar-refractivity contribution is 7.20. The third-order valence-electron chi connectivity index (χ3n) is 5.34. The van der Waals surface area contributed by atoms with E-state index in [0.717, 1.165) is 33.9 Å². The largest absolute Gasteiger partial charge is 0.305 e. The molecule has 0 saturated heterocycles. The molecule has 3 heterocycles. The van der Waals surface area contributed by atoms with Crippen LogP contribution in [0.1, 0.15) is 47.1 Å². The lowest BCUT2D eigenvalue weighted by Crippen LogP contribution is -2.19. The van der Waals surface area contributed by atoms with Gasteiger partial charge in [-0.3, -0.25) is 9.48 Å². The van der Waals surface area contributed by atoms with Gasteiger partial charge in [-0.25, -0.2) is 4.98 Å². The highest BCUT2D eigenvalue weighted by Gasteiger charge is 2.19. The van der Waals surface area contributed by atoms with Crippen molar-refractivity contribution in [3.05, 3.63) is 53.0 Å². The Morgan fingerprint density at radius 2 is 2.00 bits per heavy atom. The Bertz CT molecular complexity index is 1170. The lowest BCUT2D eigenvalue weighted by atomic mass is 9.92. The number of anilines is 1. The summed E-state index contributed by atoms with van der Waals surface area (Å²) in [7, 11) is 0. The second kappa shape index (κ2) is 7.11. The summed E-state index contributed by atoms with van der Waals surface area (Å²) < 4.78 is 4.56. The molecular formula is C21H22N6OS. The second-order valence-corrected chi connectivity index (χ2v) is 8.37. The highest BCUT2D eigenvalue weighted by Crippen LogP contribution is 2.32. The van der Waals surface area contributed by atoms with Crippen LogP contribution in [0.5, 0.6) is 0 Å². The number of benzene rings is 1. The zero-order valence-electron chi connectivity index (χ0n) is 16.5. The maximum atomic E-state index is 12.8. The number of hydrogen-bond donors (Lipinski definition) is 1. The van der Waals surface area contributed by atoms with E-state index in [1.165, 1.54) is 24.0 Å². The molecule has 0 fully saturated rings. The van der Waals surface area contributed by atoms with E-state index >= 15 is 0 Å². The lowest BCUT2D eigenvalue weighted by Gasteiger charge is -2.14. The molecule has 148 valence electrons. The Labute approximate surface area is 172 Å². The Kier molecular flexibility index (Phi) is 4.43. The zero-order chi connectivity index (χ0) is 20.0. The van der Waals surface area contributed by atoms with Crippen LogP contribution < -0.4 is 5.32 Å². The number of carbonyl (C=O) groups excluding carboxylic acids is 1. The summed E-state index contributed by atoms with van der Waals surface area (Å²) in [6.07, 6.45) is 6.42. The summed E-state index contributed by atoms with van der Waals surface area (Å²) in [5.41, 5.74) is 5.20. The molecule has 1 aliphatic carbocycles. The van der Waals surface area contributed by atoms with Crippen molar-refractivity contribution >= 4 is 33.3 Å².